The first-order valence-corrected chi connectivity index (χ1v) is 14.8. The van der Waals surface area contributed by atoms with Gasteiger partial charge in [0.15, 0.2) is 0 Å². The maximum absolute atomic E-state index is 14.0. The van der Waals surface area contributed by atoms with E-state index < -0.39 is 45.4 Å². The molecule has 220 valence electrons. The molecule has 5 rings (SSSR count). The molecule has 1 aliphatic heterocycles. The molecule has 8 nitrogen and oxygen atoms in total. The van der Waals surface area contributed by atoms with Gasteiger partial charge in [0.2, 0.25) is 0 Å². The van der Waals surface area contributed by atoms with Gasteiger partial charge in [-0.1, -0.05) is 6.92 Å². The summed E-state index contributed by atoms with van der Waals surface area (Å²) in [6, 6.07) is 0. The number of esters is 3. The van der Waals surface area contributed by atoms with Gasteiger partial charge in [0, 0.05) is 6.42 Å². The van der Waals surface area contributed by atoms with Gasteiger partial charge in [-0.05, 0) is 117 Å². The number of carboxylic acid groups (broad SMARTS) is 1. The topological polar surface area (TPSA) is 116 Å². The van der Waals surface area contributed by atoms with Crippen LogP contribution in [0.25, 0.3) is 0 Å². The Labute approximate surface area is 232 Å². The van der Waals surface area contributed by atoms with Crippen LogP contribution in [0, 0.1) is 39.9 Å². The third-order valence-electron chi connectivity index (χ3n) is 10.8. The highest BCUT2D eigenvalue weighted by Gasteiger charge is 2.59. The number of hydrogen-bond donors (Lipinski definition) is 1. The van der Waals surface area contributed by atoms with Crippen LogP contribution in [-0.2, 0) is 33.4 Å². The zero-order chi connectivity index (χ0) is 29.0. The predicted octanol–water partition coefficient (Wildman–Crippen LogP) is 5.70. The molecule has 39 heavy (non-hydrogen) atoms. The van der Waals surface area contributed by atoms with Crippen LogP contribution in [0.1, 0.15) is 113 Å². The first-order chi connectivity index (χ1) is 17.9. The van der Waals surface area contributed by atoms with E-state index in [-0.39, 0.29) is 31.8 Å². The van der Waals surface area contributed by atoms with Crippen molar-refractivity contribution in [2.24, 2.45) is 39.9 Å². The summed E-state index contributed by atoms with van der Waals surface area (Å²) in [6.45, 7) is 12.6. The van der Waals surface area contributed by atoms with E-state index in [1.165, 1.54) is 6.42 Å². The zero-order valence-electron chi connectivity index (χ0n) is 24.9. The highest BCUT2D eigenvalue weighted by Crippen LogP contribution is 2.60. The molecular weight excluding hydrogens is 500 g/mol. The highest BCUT2D eigenvalue weighted by atomic mass is 16.6. The second-order valence-corrected chi connectivity index (χ2v) is 14.9. The van der Waals surface area contributed by atoms with Gasteiger partial charge in [-0.2, -0.15) is 0 Å². The molecule has 1 heterocycles. The van der Waals surface area contributed by atoms with Crippen LogP contribution < -0.4 is 0 Å². The smallest absolute Gasteiger partial charge is 0.312 e. The first kappa shape index (κ1) is 29.9. The SMILES string of the molecule is CCC(C)(CC(C)(CC(C)(C)C(=O)O)C(=O)OC1(C)CCOC(=O)C1)C(=O)OC1(C)C2CC3CC(C2)CC1C3. The van der Waals surface area contributed by atoms with Crippen molar-refractivity contribution in [2.45, 2.75) is 124 Å². The molecule has 3 unspecified atom stereocenters. The lowest BCUT2D eigenvalue weighted by atomic mass is 9.50. The van der Waals surface area contributed by atoms with E-state index in [0.717, 1.165) is 37.5 Å². The standard InChI is InChI=1S/C31H48O8/c1-8-28(4,25(35)39-31(7)21-12-19-11-20(14-21)15-22(31)13-19)18-29(5,17-27(2,3)24(33)34)26(36)38-30(6)9-10-37-23(32)16-30/h19-22H,8-18H2,1-7H3,(H,33,34). The minimum Gasteiger partial charge on any atom is -0.481 e. The number of rotatable bonds is 10. The number of cyclic esters (lactones) is 1. The Kier molecular flexibility index (Phi) is 7.70. The largest absolute Gasteiger partial charge is 0.481 e. The van der Waals surface area contributed by atoms with Crippen molar-refractivity contribution in [3.63, 3.8) is 0 Å². The fraction of sp³-hybridized carbons (Fsp3) is 0.871. The monoisotopic (exact) mass is 548 g/mol. The van der Waals surface area contributed by atoms with E-state index in [2.05, 4.69) is 6.92 Å². The molecule has 0 radical (unpaired) electrons. The van der Waals surface area contributed by atoms with E-state index in [1.54, 1.807) is 27.7 Å². The quantitative estimate of drug-likeness (QED) is 0.273. The number of carboxylic acids is 1. The van der Waals surface area contributed by atoms with E-state index in [1.807, 2.05) is 13.8 Å². The Morgan fingerprint density at radius 1 is 0.897 bits per heavy atom. The Morgan fingerprint density at radius 3 is 1.92 bits per heavy atom. The fourth-order valence-corrected chi connectivity index (χ4v) is 8.33. The van der Waals surface area contributed by atoms with Gasteiger partial charge in [0.05, 0.1) is 29.3 Å². The summed E-state index contributed by atoms with van der Waals surface area (Å²) in [7, 11) is 0. The predicted molar refractivity (Wildman–Crippen MR) is 143 cm³/mol. The summed E-state index contributed by atoms with van der Waals surface area (Å²) in [6.07, 6.45) is 6.53. The maximum atomic E-state index is 14.0. The molecule has 4 bridgehead atoms. The van der Waals surface area contributed by atoms with Gasteiger partial charge in [-0.3, -0.25) is 19.2 Å². The van der Waals surface area contributed by atoms with E-state index in [9.17, 15) is 24.3 Å². The number of carbonyl (C=O) groups excluding carboxylic acids is 3. The highest BCUT2D eigenvalue weighted by molar-refractivity contribution is 5.83. The van der Waals surface area contributed by atoms with Crippen molar-refractivity contribution >= 4 is 23.9 Å². The zero-order valence-corrected chi connectivity index (χ0v) is 24.9. The summed E-state index contributed by atoms with van der Waals surface area (Å²) in [5.74, 6) is -0.162. The van der Waals surface area contributed by atoms with E-state index in [4.69, 9.17) is 14.2 Å². The summed E-state index contributed by atoms with van der Waals surface area (Å²) < 4.78 is 17.5. The molecule has 5 aliphatic rings. The Morgan fingerprint density at radius 2 is 1.44 bits per heavy atom. The van der Waals surface area contributed by atoms with Crippen molar-refractivity contribution in [3.05, 3.63) is 0 Å². The minimum atomic E-state index is -1.30. The number of aliphatic carboxylic acids is 1. The fourth-order valence-electron chi connectivity index (χ4n) is 8.33. The summed E-state index contributed by atoms with van der Waals surface area (Å²) in [5.41, 5.74) is -5.12. The van der Waals surface area contributed by atoms with Crippen molar-refractivity contribution in [2.75, 3.05) is 6.61 Å². The summed E-state index contributed by atoms with van der Waals surface area (Å²) in [5, 5.41) is 9.92. The third kappa shape index (κ3) is 5.72. The number of hydrogen-bond acceptors (Lipinski definition) is 7. The second kappa shape index (κ2) is 10.1. The van der Waals surface area contributed by atoms with Gasteiger partial charge in [-0.25, -0.2) is 0 Å². The van der Waals surface area contributed by atoms with Gasteiger partial charge in [0.1, 0.15) is 11.2 Å². The normalized spacial score (nSPS) is 36.8. The Hall–Kier alpha value is -2.12. The Bertz CT molecular complexity index is 988. The lowest BCUT2D eigenvalue weighted by Crippen LogP contribution is -2.59. The first-order valence-electron chi connectivity index (χ1n) is 14.8. The summed E-state index contributed by atoms with van der Waals surface area (Å²) >= 11 is 0. The molecule has 8 heteroatoms. The maximum Gasteiger partial charge on any atom is 0.312 e. The summed E-state index contributed by atoms with van der Waals surface area (Å²) in [4.78, 5) is 52.0. The van der Waals surface area contributed by atoms with Crippen LogP contribution in [0.5, 0.6) is 0 Å². The molecule has 1 saturated heterocycles. The van der Waals surface area contributed by atoms with Gasteiger partial charge in [0.25, 0.3) is 0 Å². The second-order valence-electron chi connectivity index (χ2n) is 14.9. The van der Waals surface area contributed by atoms with Gasteiger partial charge >= 0.3 is 23.9 Å². The van der Waals surface area contributed by atoms with Crippen LogP contribution in [0.4, 0.5) is 0 Å². The lowest BCUT2D eigenvalue weighted by Gasteiger charge is -2.59. The van der Waals surface area contributed by atoms with E-state index in [0.29, 0.717) is 24.7 Å². The van der Waals surface area contributed by atoms with Crippen molar-refractivity contribution < 1.29 is 38.5 Å². The molecule has 0 amide bonds. The molecule has 3 atom stereocenters. The Balaban J connectivity index is 1.58. The van der Waals surface area contributed by atoms with Crippen LogP contribution in [-0.4, -0.2) is 46.8 Å². The van der Waals surface area contributed by atoms with Crippen molar-refractivity contribution in [3.8, 4) is 0 Å². The number of ether oxygens (including phenoxy) is 3. The average molecular weight is 549 g/mol. The van der Waals surface area contributed by atoms with Crippen molar-refractivity contribution in [1.82, 2.24) is 0 Å². The molecule has 4 aliphatic carbocycles. The molecule has 0 spiro atoms. The van der Waals surface area contributed by atoms with Crippen LogP contribution in [0.15, 0.2) is 0 Å². The average Bonchev–Trinajstić information content (AvgIpc) is 2.81. The molecule has 0 aromatic carbocycles. The van der Waals surface area contributed by atoms with Crippen LogP contribution in [0.3, 0.4) is 0 Å². The number of carbonyl (C=O) groups is 4. The molecular formula is C31H48O8. The molecule has 0 aromatic heterocycles. The van der Waals surface area contributed by atoms with Gasteiger partial charge < -0.3 is 19.3 Å². The molecule has 5 fully saturated rings. The molecule has 4 saturated carbocycles. The van der Waals surface area contributed by atoms with Gasteiger partial charge in [-0.15, -0.1) is 0 Å². The molecule has 1 N–H and O–H groups in total. The lowest BCUT2D eigenvalue weighted by molar-refractivity contribution is -0.214. The van der Waals surface area contributed by atoms with Crippen LogP contribution >= 0.6 is 0 Å². The minimum absolute atomic E-state index is 0.0244. The van der Waals surface area contributed by atoms with Crippen LogP contribution in [0.2, 0.25) is 0 Å². The van der Waals surface area contributed by atoms with Crippen molar-refractivity contribution in [1.29, 1.82) is 0 Å². The third-order valence-corrected chi connectivity index (χ3v) is 10.8. The van der Waals surface area contributed by atoms with E-state index >= 15 is 0 Å². The molecule has 0 aromatic rings.